The Morgan fingerprint density at radius 2 is 2.26 bits per heavy atom. The molecule has 8 heteroatoms. The molecule has 0 radical (unpaired) electrons. The minimum atomic E-state index is -0.920. The Morgan fingerprint density at radius 1 is 1.35 bits per heavy atom. The molecule has 6 nitrogen and oxygen atoms in total. The molecule has 0 aliphatic heterocycles. The third kappa shape index (κ3) is 2.53. The zero-order valence-electron chi connectivity index (χ0n) is 11.7. The summed E-state index contributed by atoms with van der Waals surface area (Å²) in [6.45, 7) is 0. The van der Waals surface area contributed by atoms with Crippen LogP contribution >= 0.6 is 11.3 Å². The number of H-pyrrole nitrogens is 1. The van der Waals surface area contributed by atoms with Gasteiger partial charge in [-0.05, 0) is 22.4 Å². The van der Waals surface area contributed by atoms with Crippen molar-refractivity contribution in [3.05, 3.63) is 69.0 Å². The number of halogens is 1. The van der Waals surface area contributed by atoms with E-state index in [1.165, 1.54) is 0 Å². The molecule has 0 unspecified atom stereocenters. The van der Waals surface area contributed by atoms with Crippen LogP contribution in [0.4, 0.5) is 4.39 Å². The van der Waals surface area contributed by atoms with Crippen LogP contribution in [0.25, 0.3) is 17.2 Å². The van der Waals surface area contributed by atoms with Crippen molar-refractivity contribution < 1.29 is 4.39 Å². The molecular formula is C15H10FN5OS. The average Bonchev–Trinajstić information content (AvgIpc) is 3.21. The lowest BCUT2D eigenvalue weighted by Gasteiger charge is -2.06. The summed E-state index contributed by atoms with van der Waals surface area (Å²) in [5.41, 5.74) is 2.27. The number of fused-ring (bicyclic) bond motifs is 1. The third-order valence-electron chi connectivity index (χ3n) is 3.39. The van der Waals surface area contributed by atoms with E-state index in [4.69, 9.17) is 0 Å². The van der Waals surface area contributed by atoms with E-state index in [0.29, 0.717) is 12.1 Å². The van der Waals surface area contributed by atoms with Gasteiger partial charge in [0.05, 0.1) is 11.9 Å². The fourth-order valence-corrected chi connectivity index (χ4v) is 2.99. The van der Waals surface area contributed by atoms with Crippen LogP contribution in [0.15, 0.2) is 46.4 Å². The van der Waals surface area contributed by atoms with Gasteiger partial charge in [0, 0.05) is 25.0 Å². The molecule has 0 saturated carbocycles. The highest BCUT2D eigenvalue weighted by Gasteiger charge is 2.12. The number of aromatic amines is 1. The lowest BCUT2D eigenvalue weighted by molar-refractivity contribution is 0.601. The molecule has 0 aromatic carbocycles. The van der Waals surface area contributed by atoms with Crippen LogP contribution in [-0.4, -0.2) is 24.3 Å². The molecular weight excluding hydrogens is 317 g/mol. The Morgan fingerprint density at radius 3 is 3.04 bits per heavy atom. The highest BCUT2D eigenvalue weighted by atomic mass is 32.1. The number of rotatable bonds is 3. The van der Waals surface area contributed by atoms with E-state index in [9.17, 15) is 9.18 Å². The van der Waals surface area contributed by atoms with Gasteiger partial charge in [0.25, 0.3) is 5.56 Å². The summed E-state index contributed by atoms with van der Waals surface area (Å²) < 4.78 is 14.9. The van der Waals surface area contributed by atoms with Gasteiger partial charge in [0.15, 0.2) is 11.5 Å². The van der Waals surface area contributed by atoms with Crippen molar-refractivity contribution in [2.75, 3.05) is 0 Å². The molecule has 4 aromatic heterocycles. The molecule has 0 saturated heterocycles. The van der Waals surface area contributed by atoms with E-state index in [1.807, 2.05) is 21.2 Å². The van der Waals surface area contributed by atoms with Gasteiger partial charge in [-0.15, -0.1) is 0 Å². The lowest BCUT2D eigenvalue weighted by Crippen LogP contribution is -2.13. The fraction of sp³-hybridized carbons (Fsp3) is 0.0667. The van der Waals surface area contributed by atoms with Crippen molar-refractivity contribution >= 4 is 17.0 Å². The molecule has 0 fully saturated rings. The molecule has 0 amide bonds. The molecule has 0 bridgehead atoms. The summed E-state index contributed by atoms with van der Waals surface area (Å²) >= 11 is 1.61. The third-order valence-corrected chi connectivity index (χ3v) is 4.13. The normalized spacial score (nSPS) is 11.2. The zero-order valence-corrected chi connectivity index (χ0v) is 12.5. The number of aromatic nitrogens is 5. The van der Waals surface area contributed by atoms with E-state index in [2.05, 4.69) is 19.9 Å². The maximum atomic E-state index is 13.1. The Hall–Kier alpha value is -2.87. The second-order valence-electron chi connectivity index (χ2n) is 4.95. The molecule has 114 valence electrons. The first-order chi connectivity index (χ1) is 11.2. The maximum Gasteiger partial charge on any atom is 0.287 e. The van der Waals surface area contributed by atoms with Crippen molar-refractivity contribution in [2.24, 2.45) is 0 Å². The smallest absolute Gasteiger partial charge is 0.287 e. The number of nitrogens with zero attached hydrogens (tertiary/aromatic N) is 4. The molecule has 0 aliphatic rings. The standard InChI is InChI=1S/C15H10FN5OS/c16-10-6-18-13(20-15(10)22)12-7-21-3-2-17-14(21)11(19-12)5-9-1-4-23-8-9/h1-4,6-8H,5H2,(H,18,20,22). The van der Waals surface area contributed by atoms with Crippen LogP contribution in [0, 0.1) is 5.82 Å². The SMILES string of the molecule is O=c1[nH]c(-c2cn3ccnc3c(Cc3ccsc3)n2)ncc1F. The Kier molecular flexibility index (Phi) is 3.23. The van der Waals surface area contributed by atoms with Crippen molar-refractivity contribution in [3.63, 3.8) is 0 Å². The predicted molar refractivity (Wildman–Crippen MR) is 83.9 cm³/mol. The Labute approximate surface area is 133 Å². The summed E-state index contributed by atoms with van der Waals surface area (Å²) in [4.78, 5) is 26.6. The van der Waals surface area contributed by atoms with Gasteiger partial charge >= 0.3 is 0 Å². The molecule has 0 spiro atoms. The van der Waals surface area contributed by atoms with Gasteiger partial charge in [0.1, 0.15) is 5.69 Å². The van der Waals surface area contributed by atoms with Crippen LogP contribution < -0.4 is 5.56 Å². The van der Waals surface area contributed by atoms with Crippen LogP contribution in [0.5, 0.6) is 0 Å². The molecule has 23 heavy (non-hydrogen) atoms. The van der Waals surface area contributed by atoms with Crippen molar-refractivity contribution in [3.8, 4) is 11.5 Å². The van der Waals surface area contributed by atoms with Gasteiger partial charge in [-0.2, -0.15) is 15.7 Å². The van der Waals surface area contributed by atoms with Gasteiger partial charge in [0.2, 0.25) is 5.82 Å². The summed E-state index contributed by atoms with van der Waals surface area (Å²) in [5.74, 6) is -0.700. The fourth-order valence-electron chi connectivity index (χ4n) is 2.33. The first-order valence-corrected chi connectivity index (χ1v) is 7.74. The van der Waals surface area contributed by atoms with Crippen LogP contribution in [-0.2, 0) is 6.42 Å². The largest absolute Gasteiger partial charge is 0.303 e. The second-order valence-corrected chi connectivity index (χ2v) is 5.73. The van der Waals surface area contributed by atoms with E-state index >= 15 is 0 Å². The first kappa shape index (κ1) is 13.8. The van der Waals surface area contributed by atoms with Gasteiger partial charge in [-0.3, -0.25) is 4.79 Å². The highest BCUT2D eigenvalue weighted by Crippen LogP contribution is 2.19. The number of thiophene rings is 1. The second kappa shape index (κ2) is 5.40. The molecule has 1 N–H and O–H groups in total. The van der Waals surface area contributed by atoms with E-state index in [-0.39, 0.29) is 5.82 Å². The van der Waals surface area contributed by atoms with Gasteiger partial charge < -0.3 is 9.38 Å². The quantitative estimate of drug-likeness (QED) is 0.626. The summed E-state index contributed by atoms with van der Waals surface area (Å²) in [5, 5.41) is 4.05. The Balaban J connectivity index is 1.87. The van der Waals surface area contributed by atoms with E-state index < -0.39 is 11.4 Å². The number of nitrogens with one attached hydrogen (secondary N) is 1. The Bertz CT molecular complexity index is 1040. The van der Waals surface area contributed by atoms with Crippen molar-refractivity contribution in [1.29, 1.82) is 0 Å². The van der Waals surface area contributed by atoms with Crippen LogP contribution in [0.2, 0.25) is 0 Å². The van der Waals surface area contributed by atoms with Crippen molar-refractivity contribution in [1.82, 2.24) is 24.3 Å². The van der Waals surface area contributed by atoms with Crippen molar-refractivity contribution in [2.45, 2.75) is 6.42 Å². The number of hydrogen-bond acceptors (Lipinski definition) is 5. The summed E-state index contributed by atoms with van der Waals surface area (Å²) in [6.07, 6.45) is 6.68. The molecule has 4 heterocycles. The van der Waals surface area contributed by atoms with Gasteiger partial charge in [-0.1, -0.05) is 0 Å². The summed E-state index contributed by atoms with van der Waals surface area (Å²) in [7, 11) is 0. The molecule has 0 atom stereocenters. The first-order valence-electron chi connectivity index (χ1n) is 6.79. The van der Waals surface area contributed by atoms with Crippen LogP contribution in [0.3, 0.4) is 0 Å². The monoisotopic (exact) mass is 327 g/mol. The van der Waals surface area contributed by atoms with Crippen LogP contribution in [0.1, 0.15) is 11.3 Å². The average molecular weight is 327 g/mol. The number of hydrogen-bond donors (Lipinski definition) is 1. The molecule has 0 aliphatic carbocycles. The minimum absolute atomic E-state index is 0.221. The highest BCUT2D eigenvalue weighted by molar-refractivity contribution is 7.07. The topological polar surface area (TPSA) is 75.9 Å². The summed E-state index contributed by atoms with van der Waals surface area (Å²) in [6, 6.07) is 2.02. The number of imidazole rings is 1. The van der Waals surface area contributed by atoms with Gasteiger partial charge in [-0.25, -0.2) is 15.0 Å². The lowest BCUT2D eigenvalue weighted by atomic mass is 10.2. The predicted octanol–water partition coefficient (Wildman–Crippen LogP) is 2.27. The molecule has 4 aromatic rings. The minimum Gasteiger partial charge on any atom is -0.303 e. The maximum absolute atomic E-state index is 13.1. The van der Waals surface area contributed by atoms with E-state index in [1.54, 1.807) is 29.9 Å². The van der Waals surface area contributed by atoms with E-state index in [0.717, 1.165) is 23.1 Å². The zero-order chi connectivity index (χ0) is 15.8. The molecule has 4 rings (SSSR count).